The highest BCUT2D eigenvalue weighted by Gasteiger charge is 2.38. The van der Waals surface area contributed by atoms with Crippen LogP contribution in [-0.4, -0.2) is 86.4 Å². The van der Waals surface area contributed by atoms with Gasteiger partial charge in [0, 0.05) is 50.1 Å². The summed E-state index contributed by atoms with van der Waals surface area (Å²) in [5.74, 6) is -4.36. The number of hydrogen-bond acceptors (Lipinski definition) is 7. The minimum atomic E-state index is -5.08. The van der Waals surface area contributed by atoms with Gasteiger partial charge in [-0.15, -0.1) is 0 Å². The molecule has 0 bridgehead atoms. The van der Waals surface area contributed by atoms with Crippen molar-refractivity contribution in [1.29, 1.82) is 0 Å². The molecule has 0 unspecified atom stereocenters. The number of carboxylic acid groups (broad SMARTS) is 2. The highest BCUT2D eigenvalue weighted by molar-refractivity contribution is 5.78. The van der Waals surface area contributed by atoms with Crippen molar-refractivity contribution in [1.82, 2.24) is 19.9 Å². The number of aliphatic carboxylic acids is 2. The summed E-state index contributed by atoms with van der Waals surface area (Å²) in [6, 6.07) is 5.68. The summed E-state index contributed by atoms with van der Waals surface area (Å²) in [7, 11) is 0. The number of carbonyl (C=O) groups excluding carboxylic acids is 1. The van der Waals surface area contributed by atoms with E-state index < -0.39 is 24.3 Å². The highest BCUT2D eigenvalue weighted by Crippen LogP contribution is 2.24. The molecule has 16 heteroatoms. The van der Waals surface area contributed by atoms with Crippen molar-refractivity contribution >= 4 is 23.7 Å². The third kappa shape index (κ3) is 11.1. The van der Waals surface area contributed by atoms with Crippen LogP contribution < -0.4 is 4.90 Å². The molecule has 0 saturated heterocycles. The third-order valence-corrected chi connectivity index (χ3v) is 5.22. The van der Waals surface area contributed by atoms with E-state index in [9.17, 15) is 31.1 Å². The highest BCUT2D eigenvalue weighted by atomic mass is 19.4. The van der Waals surface area contributed by atoms with Gasteiger partial charge in [-0.2, -0.15) is 26.3 Å². The fraction of sp³-hybridized carbons (Fsp3) is 0.478. The predicted octanol–water partition coefficient (Wildman–Crippen LogP) is 3.15. The quantitative estimate of drug-likeness (QED) is 0.522. The molecule has 2 N–H and O–H groups in total. The monoisotopic (exact) mass is 567 g/mol. The Morgan fingerprint density at radius 2 is 1.44 bits per heavy atom. The number of halogens is 6. The van der Waals surface area contributed by atoms with E-state index >= 15 is 0 Å². The molecule has 0 aliphatic carbocycles. The molecule has 0 aromatic carbocycles. The van der Waals surface area contributed by atoms with Gasteiger partial charge in [-0.25, -0.2) is 19.6 Å². The van der Waals surface area contributed by atoms with Gasteiger partial charge in [0.1, 0.15) is 12.1 Å². The van der Waals surface area contributed by atoms with E-state index in [4.69, 9.17) is 19.8 Å². The molecular weight excluding hydrogens is 540 g/mol. The Morgan fingerprint density at radius 3 is 1.90 bits per heavy atom. The smallest absolute Gasteiger partial charge is 0.475 e. The molecule has 0 fully saturated rings. The van der Waals surface area contributed by atoms with Crippen LogP contribution in [0.5, 0.6) is 0 Å². The summed E-state index contributed by atoms with van der Waals surface area (Å²) in [6.45, 7) is 7.52. The van der Waals surface area contributed by atoms with Gasteiger partial charge in [0.25, 0.3) is 0 Å². The SMILES string of the molecule is CCN(CC)c1ncnc2c1CCN(C(=O)Cc1ccccn1)CC2.O=C(O)C(F)(F)F.O=C(O)C(F)(F)F. The summed E-state index contributed by atoms with van der Waals surface area (Å²) >= 11 is 0. The first-order valence-corrected chi connectivity index (χ1v) is 11.5. The van der Waals surface area contributed by atoms with Gasteiger partial charge in [-0.05, 0) is 32.4 Å². The van der Waals surface area contributed by atoms with E-state index in [1.54, 1.807) is 12.5 Å². The minimum absolute atomic E-state index is 0.129. The second kappa shape index (κ2) is 14.8. The molecule has 1 aliphatic heterocycles. The Morgan fingerprint density at radius 1 is 0.897 bits per heavy atom. The third-order valence-electron chi connectivity index (χ3n) is 5.22. The Labute approximate surface area is 219 Å². The largest absolute Gasteiger partial charge is 0.490 e. The number of carboxylic acids is 2. The fourth-order valence-corrected chi connectivity index (χ4v) is 3.32. The lowest BCUT2D eigenvalue weighted by Gasteiger charge is -2.23. The summed E-state index contributed by atoms with van der Waals surface area (Å²) in [4.78, 5) is 47.9. The van der Waals surface area contributed by atoms with E-state index in [1.165, 1.54) is 5.56 Å². The molecule has 0 atom stereocenters. The predicted molar refractivity (Wildman–Crippen MR) is 125 cm³/mol. The van der Waals surface area contributed by atoms with Crippen LogP contribution in [0.1, 0.15) is 30.8 Å². The lowest BCUT2D eigenvalue weighted by atomic mass is 10.1. The van der Waals surface area contributed by atoms with Crippen molar-refractivity contribution in [2.24, 2.45) is 0 Å². The van der Waals surface area contributed by atoms with Crippen LogP contribution in [0.15, 0.2) is 30.7 Å². The fourth-order valence-electron chi connectivity index (χ4n) is 3.32. The first-order chi connectivity index (χ1) is 18.1. The van der Waals surface area contributed by atoms with Gasteiger partial charge in [0.15, 0.2) is 0 Å². The molecule has 1 aliphatic rings. The molecule has 3 rings (SSSR count). The molecule has 3 heterocycles. The standard InChI is InChI=1S/C19H25N5O.2C2HF3O2/c1-3-23(4-2)19-16-8-11-24(12-9-17(16)21-14-22-19)18(25)13-15-7-5-6-10-20-15;2*3-2(4,5)1(6)7/h5-7,10,14H,3-4,8-9,11-13H2,1-2H3;2*(H,6,7). The Hall–Kier alpha value is -3.98. The number of anilines is 1. The first kappa shape index (κ1) is 33.0. The van der Waals surface area contributed by atoms with Gasteiger partial charge < -0.3 is 20.0 Å². The van der Waals surface area contributed by atoms with Crippen molar-refractivity contribution in [2.75, 3.05) is 31.1 Å². The molecule has 10 nitrogen and oxygen atoms in total. The van der Waals surface area contributed by atoms with Crippen LogP contribution in [0, 0.1) is 0 Å². The molecular formula is C23H27F6N5O5. The summed E-state index contributed by atoms with van der Waals surface area (Å²) in [6.07, 6.45) is -4.85. The number of pyridine rings is 1. The van der Waals surface area contributed by atoms with Gasteiger partial charge in [-0.3, -0.25) is 9.78 Å². The van der Waals surface area contributed by atoms with E-state index in [-0.39, 0.29) is 5.91 Å². The molecule has 1 amide bonds. The second-order valence-electron chi connectivity index (χ2n) is 7.78. The van der Waals surface area contributed by atoms with Gasteiger partial charge in [-0.1, -0.05) is 6.07 Å². The molecule has 0 spiro atoms. The maximum Gasteiger partial charge on any atom is 0.490 e. The first-order valence-electron chi connectivity index (χ1n) is 11.5. The van der Waals surface area contributed by atoms with E-state index in [2.05, 4.69) is 33.7 Å². The maximum absolute atomic E-state index is 12.6. The van der Waals surface area contributed by atoms with Crippen molar-refractivity contribution in [3.8, 4) is 0 Å². The maximum atomic E-state index is 12.6. The number of carbonyl (C=O) groups is 3. The Kier molecular flexibility index (Phi) is 12.6. The van der Waals surface area contributed by atoms with Crippen LogP contribution in [0.2, 0.25) is 0 Å². The van der Waals surface area contributed by atoms with E-state index in [0.29, 0.717) is 19.5 Å². The van der Waals surface area contributed by atoms with Gasteiger partial charge in [0.2, 0.25) is 5.91 Å². The molecule has 39 heavy (non-hydrogen) atoms. The number of hydrogen-bond donors (Lipinski definition) is 2. The zero-order valence-corrected chi connectivity index (χ0v) is 21.0. The van der Waals surface area contributed by atoms with Crippen molar-refractivity contribution < 1.29 is 50.9 Å². The molecule has 216 valence electrons. The van der Waals surface area contributed by atoms with Crippen molar-refractivity contribution in [3.05, 3.63) is 47.7 Å². The van der Waals surface area contributed by atoms with Crippen LogP contribution in [-0.2, 0) is 33.6 Å². The summed E-state index contributed by atoms with van der Waals surface area (Å²) in [5.41, 5.74) is 3.09. The average Bonchev–Trinajstić information content (AvgIpc) is 3.08. The molecule has 2 aromatic rings. The second-order valence-corrected chi connectivity index (χ2v) is 7.78. The Balaban J connectivity index is 0.000000449. The Bertz CT molecular complexity index is 1070. The van der Waals surface area contributed by atoms with E-state index in [0.717, 1.165) is 43.1 Å². The van der Waals surface area contributed by atoms with Crippen molar-refractivity contribution in [3.63, 3.8) is 0 Å². The lowest BCUT2D eigenvalue weighted by Crippen LogP contribution is -2.34. The molecule has 2 aromatic heterocycles. The number of fused-ring (bicyclic) bond motifs is 1. The summed E-state index contributed by atoms with van der Waals surface area (Å²) in [5, 5.41) is 14.2. The number of alkyl halides is 6. The zero-order valence-electron chi connectivity index (χ0n) is 21.0. The lowest BCUT2D eigenvalue weighted by molar-refractivity contribution is -0.193. The molecule has 0 radical (unpaired) electrons. The number of rotatable bonds is 5. The summed E-state index contributed by atoms with van der Waals surface area (Å²) < 4.78 is 63.5. The van der Waals surface area contributed by atoms with Crippen molar-refractivity contribution in [2.45, 2.75) is 45.5 Å². The number of aromatic nitrogens is 3. The number of amides is 1. The average molecular weight is 567 g/mol. The molecule has 0 saturated carbocycles. The normalized spacial score (nSPS) is 13.0. The zero-order chi connectivity index (χ0) is 29.8. The van der Waals surface area contributed by atoms with Crippen LogP contribution in [0.4, 0.5) is 32.2 Å². The van der Waals surface area contributed by atoms with Crippen LogP contribution >= 0.6 is 0 Å². The van der Waals surface area contributed by atoms with Crippen LogP contribution in [0.3, 0.4) is 0 Å². The minimum Gasteiger partial charge on any atom is -0.475 e. The van der Waals surface area contributed by atoms with Crippen LogP contribution in [0.25, 0.3) is 0 Å². The van der Waals surface area contributed by atoms with Gasteiger partial charge >= 0.3 is 24.3 Å². The van der Waals surface area contributed by atoms with E-state index in [1.807, 2.05) is 23.1 Å². The van der Waals surface area contributed by atoms with Gasteiger partial charge in [0.05, 0.1) is 12.1 Å². The number of nitrogens with zero attached hydrogens (tertiary/aromatic N) is 5. The topological polar surface area (TPSA) is 137 Å².